The molecule has 0 aliphatic heterocycles. The molecule has 2 aromatic rings. The summed E-state index contributed by atoms with van der Waals surface area (Å²) in [5.74, 6) is -0.281. The van der Waals surface area contributed by atoms with Crippen LogP contribution in [-0.4, -0.2) is 30.0 Å². The number of carbonyl (C=O) groups is 1. The van der Waals surface area contributed by atoms with Gasteiger partial charge in [0.2, 0.25) is 5.88 Å². The molecule has 0 saturated heterocycles. The molecule has 0 amide bonds. The molecule has 2 aliphatic carbocycles. The first-order valence-corrected chi connectivity index (χ1v) is 9.55. The Balaban J connectivity index is 2.05. The molecule has 2 aliphatic rings. The van der Waals surface area contributed by atoms with Gasteiger partial charge in [-0.25, -0.2) is 0 Å². The van der Waals surface area contributed by atoms with Gasteiger partial charge < -0.3 is 9.47 Å². The summed E-state index contributed by atoms with van der Waals surface area (Å²) >= 11 is 0. The molecule has 1 aromatic heterocycles. The Morgan fingerprint density at radius 1 is 1.18 bits per heavy atom. The minimum atomic E-state index is -0.663. The molecule has 1 unspecified atom stereocenters. The van der Waals surface area contributed by atoms with Crippen LogP contribution < -0.4 is 9.47 Å². The van der Waals surface area contributed by atoms with Gasteiger partial charge in [-0.05, 0) is 30.7 Å². The van der Waals surface area contributed by atoms with E-state index in [9.17, 15) is 10.1 Å². The van der Waals surface area contributed by atoms with E-state index in [0.29, 0.717) is 12.3 Å². The van der Waals surface area contributed by atoms with Crippen molar-refractivity contribution in [2.24, 2.45) is 17.8 Å². The Morgan fingerprint density at radius 2 is 1.93 bits per heavy atom. The highest BCUT2D eigenvalue weighted by Gasteiger charge is 2.57. The second-order valence-corrected chi connectivity index (χ2v) is 7.61. The van der Waals surface area contributed by atoms with Gasteiger partial charge in [0, 0.05) is 16.9 Å². The minimum Gasteiger partial charge on any atom is -0.481 e. The lowest BCUT2D eigenvalue weighted by atomic mass is 9.51. The van der Waals surface area contributed by atoms with Crippen LogP contribution in [0.3, 0.4) is 0 Å². The van der Waals surface area contributed by atoms with E-state index in [2.05, 4.69) is 23.2 Å². The second kappa shape index (κ2) is 6.90. The van der Waals surface area contributed by atoms with Gasteiger partial charge in [-0.1, -0.05) is 37.3 Å². The van der Waals surface area contributed by atoms with Crippen LogP contribution in [0.5, 0.6) is 11.9 Å². The molecule has 1 heterocycles. The molecule has 0 N–H and O–H groups in total. The molecule has 6 nitrogen and oxygen atoms in total. The Hall–Kier alpha value is -2.94. The molecular weight excluding hydrogens is 354 g/mol. The normalized spacial score (nSPS) is 28.6. The van der Waals surface area contributed by atoms with Crippen molar-refractivity contribution in [3.63, 3.8) is 0 Å². The molecular formula is C22H23N3O3. The van der Waals surface area contributed by atoms with Gasteiger partial charge in [0.05, 0.1) is 26.0 Å². The smallest absolute Gasteiger partial charge is 0.319 e. The van der Waals surface area contributed by atoms with Crippen LogP contribution in [0.15, 0.2) is 30.3 Å². The van der Waals surface area contributed by atoms with Crippen molar-refractivity contribution in [3.8, 4) is 18.0 Å². The van der Waals surface area contributed by atoms with E-state index in [-0.39, 0.29) is 23.6 Å². The lowest BCUT2D eigenvalue weighted by molar-refractivity contribution is -0.131. The molecule has 6 heteroatoms. The second-order valence-electron chi connectivity index (χ2n) is 7.61. The van der Waals surface area contributed by atoms with Crippen LogP contribution in [0.4, 0.5) is 0 Å². The third-order valence-corrected chi connectivity index (χ3v) is 6.45. The van der Waals surface area contributed by atoms with E-state index >= 15 is 0 Å². The molecule has 1 fully saturated rings. The SMILES string of the molecule is COc1nc(OC)c2c(n1)[C@]1(c3ccccc3)CC(C#N)C(=O)[C@@H](C)[C@@H]1CC2. The fraction of sp³-hybridized carbons (Fsp3) is 0.455. The number of benzene rings is 1. The third kappa shape index (κ3) is 2.50. The van der Waals surface area contributed by atoms with Crippen LogP contribution >= 0.6 is 0 Å². The summed E-state index contributed by atoms with van der Waals surface area (Å²) in [6.45, 7) is 1.95. The topological polar surface area (TPSA) is 85.1 Å². The zero-order chi connectivity index (χ0) is 19.9. The number of Topliss-reactive ketones (excluding diaryl/α,β-unsaturated/α-hetero) is 1. The number of fused-ring (bicyclic) bond motifs is 3. The summed E-state index contributed by atoms with van der Waals surface area (Å²) in [5.41, 5.74) is 2.30. The summed E-state index contributed by atoms with van der Waals surface area (Å²) in [6, 6.07) is 12.6. The highest BCUT2D eigenvalue weighted by atomic mass is 16.5. The standard InChI is InChI=1S/C22H23N3O3/c1-13-17-10-9-16-19(24-21(28-3)25-20(16)27-2)22(17,11-14(12-23)18(13)26)15-7-5-4-6-8-15/h4-8,13-14,17H,9-11H2,1-3H3/t13-,14?,17-,22-/m0/s1. The number of rotatable bonds is 3. The average molecular weight is 377 g/mol. The minimum absolute atomic E-state index is 0.0375. The lowest BCUT2D eigenvalue weighted by Crippen LogP contribution is -2.53. The number of methoxy groups -OCH3 is 2. The quantitative estimate of drug-likeness (QED) is 0.817. The number of hydrogen-bond acceptors (Lipinski definition) is 6. The number of hydrogen-bond donors (Lipinski definition) is 0. The van der Waals surface area contributed by atoms with Crippen molar-refractivity contribution < 1.29 is 14.3 Å². The van der Waals surface area contributed by atoms with E-state index in [4.69, 9.17) is 14.5 Å². The Morgan fingerprint density at radius 3 is 2.57 bits per heavy atom. The van der Waals surface area contributed by atoms with Gasteiger partial charge in [-0.3, -0.25) is 4.79 Å². The van der Waals surface area contributed by atoms with E-state index < -0.39 is 11.3 Å². The van der Waals surface area contributed by atoms with Gasteiger partial charge >= 0.3 is 6.01 Å². The molecule has 0 bridgehead atoms. The number of nitrogens with zero attached hydrogens (tertiary/aromatic N) is 3. The first-order chi connectivity index (χ1) is 13.6. The van der Waals surface area contributed by atoms with Crippen LogP contribution in [0.2, 0.25) is 0 Å². The summed E-state index contributed by atoms with van der Waals surface area (Å²) in [4.78, 5) is 22.0. The highest BCUT2D eigenvalue weighted by Crippen LogP contribution is 2.56. The summed E-state index contributed by atoms with van der Waals surface area (Å²) < 4.78 is 10.9. The van der Waals surface area contributed by atoms with Crippen LogP contribution in [0, 0.1) is 29.1 Å². The lowest BCUT2D eigenvalue weighted by Gasteiger charge is -2.51. The molecule has 144 valence electrons. The van der Waals surface area contributed by atoms with Crippen molar-refractivity contribution in [3.05, 3.63) is 47.2 Å². The van der Waals surface area contributed by atoms with Crippen molar-refractivity contribution in [1.29, 1.82) is 5.26 Å². The Labute approximate surface area is 164 Å². The van der Waals surface area contributed by atoms with E-state index in [1.54, 1.807) is 7.11 Å². The average Bonchev–Trinajstić information content (AvgIpc) is 2.75. The van der Waals surface area contributed by atoms with Crippen LogP contribution in [0.1, 0.15) is 36.6 Å². The molecule has 1 aromatic carbocycles. The van der Waals surface area contributed by atoms with Crippen molar-refractivity contribution >= 4 is 5.78 Å². The predicted molar refractivity (Wildman–Crippen MR) is 102 cm³/mol. The van der Waals surface area contributed by atoms with E-state index in [1.165, 1.54) is 7.11 Å². The Bertz CT molecular complexity index is 953. The summed E-state index contributed by atoms with van der Waals surface area (Å²) in [5, 5.41) is 9.73. The number of ether oxygens (including phenoxy) is 2. The Kier molecular flexibility index (Phi) is 4.54. The fourth-order valence-corrected chi connectivity index (χ4v) is 5.20. The predicted octanol–water partition coefficient (Wildman–Crippen LogP) is 3.09. The molecule has 28 heavy (non-hydrogen) atoms. The molecule has 4 rings (SSSR count). The number of aromatic nitrogens is 2. The van der Waals surface area contributed by atoms with Crippen molar-refractivity contribution in [2.75, 3.05) is 14.2 Å². The van der Waals surface area contributed by atoms with E-state index in [1.807, 2.05) is 25.1 Å². The summed E-state index contributed by atoms with van der Waals surface area (Å²) in [7, 11) is 3.12. The summed E-state index contributed by atoms with van der Waals surface area (Å²) in [6.07, 6.45) is 1.97. The van der Waals surface area contributed by atoms with Crippen LogP contribution in [0.25, 0.3) is 0 Å². The number of carbonyl (C=O) groups excluding carboxylic acids is 1. The van der Waals surface area contributed by atoms with Gasteiger partial charge in [0.25, 0.3) is 0 Å². The van der Waals surface area contributed by atoms with Gasteiger partial charge in [-0.2, -0.15) is 15.2 Å². The molecule has 1 saturated carbocycles. The van der Waals surface area contributed by atoms with Crippen molar-refractivity contribution in [1.82, 2.24) is 9.97 Å². The van der Waals surface area contributed by atoms with Gasteiger partial charge in [0.15, 0.2) is 5.78 Å². The van der Waals surface area contributed by atoms with Gasteiger partial charge in [0.1, 0.15) is 5.92 Å². The first-order valence-electron chi connectivity index (χ1n) is 9.55. The number of nitriles is 1. The van der Waals surface area contributed by atoms with Crippen LogP contribution in [-0.2, 0) is 16.6 Å². The maximum Gasteiger partial charge on any atom is 0.319 e. The maximum atomic E-state index is 12.8. The third-order valence-electron chi connectivity index (χ3n) is 6.45. The zero-order valence-electron chi connectivity index (χ0n) is 16.3. The van der Waals surface area contributed by atoms with Gasteiger partial charge in [-0.15, -0.1) is 0 Å². The number of ketones is 1. The monoisotopic (exact) mass is 377 g/mol. The van der Waals surface area contributed by atoms with Crippen molar-refractivity contribution in [2.45, 2.75) is 31.6 Å². The largest absolute Gasteiger partial charge is 0.481 e. The van der Waals surface area contributed by atoms with E-state index in [0.717, 1.165) is 29.7 Å². The zero-order valence-corrected chi connectivity index (χ0v) is 16.3. The highest BCUT2D eigenvalue weighted by molar-refractivity contribution is 5.87. The molecule has 0 spiro atoms. The maximum absolute atomic E-state index is 12.8. The molecule has 0 radical (unpaired) electrons. The molecule has 4 atom stereocenters. The first kappa shape index (κ1) is 18.4. The fourth-order valence-electron chi connectivity index (χ4n) is 5.20.